The second-order valence-corrected chi connectivity index (χ2v) is 6.45. The van der Waals surface area contributed by atoms with Crippen LogP contribution in [-0.2, 0) is 9.63 Å². The van der Waals surface area contributed by atoms with Crippen molar-refractivity contribution in [3.8, 4) is 0 Å². The highest BCUT2D eigenvalue weighted by Gasteiger charge is 2.28. The normalized spacial score (nSPS) is 19.8. The predicted molar refractivity (Wildman–Crippen MR) is 97.1 cm³/mol. The number of oxime groups is 1. The van der Waals surface area contributed by atoms with Crippen molar-refractivity contribution >= 4 is 11.7 Å². The molecular formula is C21H20N2O2. The van der Waals surface area contributed by atoms with Gasteiger partial charge in [0.2, 0.25) is 0 Å². The lowest BCUT2D eigenvalue weighted by Gasteiger charge is -2.31. The van der Waals surface area contributed by atoms with Crippen LogP contribution < -0.4 is 0 Å². The van der Waals surface area contributed by atoms with Crippen molar-refractivity contribution in [2.45, 2.75) is 18.8 Å². The van der Waals surface area contributed by atoms with Crippen molar-refractivity contribution in [1.82, 2.24) is 4.90 Å². The summed E-state index contributed by atoms with van der Waals surface area (Å²) in [6, 6.07) is 20.3. The summed E-state index contributed by atoms with van der Waals surface area (Å²) in [6.07, 6.45) is 4.09. The van der Waals surface area contributed by atoms with Crippen LogP contribution in [-0.4, -0.2) is 29.7 Å². The van der Waals surface area contributed by atoms with E-state index in [0.29, 0.717) is 17.2 Å². The first-order valence-corrected chi connectivity index (χ1v) is 8.67. The summed E-state index contributed by atoms with van der Waals surface area (Å²) in [4.78, 5) is 19.2. The van der Waals surface area contributed by atoms with Gasteiger partial charge in [0, 0.05) is 24.9 Å². The molecule has 2 aromatic rings. The maximum atomic E-state index is 12.1. The van der Waals surface area contributed by atoms with E-state index in [4.69, 9.17) is 4.84 Å². The van der Waals surface area contributed by atoms with Gasteiger partial charge in [0.15, 0.2) is 0 Å². The van der Waals surface area contributed by atoms with Crippen molar-refractivity contribution < 1.29 is 9.63 Å². The fourth-order valence-corrected chi connectivity index (χ4v) is 3.47. The highest BCUT2D eigenvalue weighted by Crippen LogP contribution is 2.28. The molecule has 126 valence electrons. The number of likely N-dealkylation sites (tertiary alicyclic amines) is 1. The average molecular weight is 332 g/mol. The molecule has 0 saturated carbocycles. The molecule has 0 aromatic heterocycles. The van der Waals surface area contributed by atoms with Crippen LogP contribution in [0.1, 0.15) is 29.9 Å². The molecule has 0 spiro atoms. The van der Waals surface area contributed by atoms with E-state index >= 15 is 0 Å². The number of benzene rings is 2. The number of hydrogen-bond donors (Lipinski definition) is 0. The molecule has 1 fully saturated rings. The van der Waals surface area contributed by atoms with E-state index in [0.717, 1.165) is 31.5 Å². The quantitative estimate of drug-likeness (QED) is 0.635. The van der Waals surface area contributed by atoms with Crippen LogP contribution in [0.5, 0.6) is 0 Å². The summed E-state index contributed by atoms with van der Waals surface area (Å²) in [5.74, 6) is 0.220. The Balaban J connectivity index is 1.48. The van der Waals surface area contributed by atoms with Crippen molar-refractivity contribution in [3.63, 3.8) is 0 Å². The van der Waals surface area contributed by atoms with E-state index in [1.807, 2.05) is 36.5 Å². The number of hydrogen-bond acceptors (Lipinski definition) is 4. The second-order valence-electron chi connectivity index (χ2n) is 6.45. The Morgan fingerprint density at radius 2 is 1.60 bits per heavy atom. The van der Waals surface area contributed by atoms with E-state index in [-0.39, 0.29) is 5.97 Å². The highest BCUT2D eigenvalue weighted by atomic mass is 16.7. The Hall–Kier alpha value is -2.88. The fraction of sp³-hybridized carbons (Fsp3) is 0.238. The lowest BCUT2D eigenvalue weighted by molar-refractivity contribution is -0.136. The summed E-state index contributed by atoms with van der Waals surface area (Å²) in [5, 5.41) is 3.97. The third-order valence-corrected chi connectivity index (χ3v) is 4.85. The van der Waals surface area contributed by atoms with Crippen LogP contribution in [0.25, 0.3) is 0 Å². The summed E-state index contributed by atoms with van der Waals surface area (Å²) in [5.41, 5.74) is 3.47. The maximum Gasteiger partial charge on any atom is 0.369 e. The summed E-state index contributed by atoms with van der Waals surface area (Å²) >= 11 is 0. The summed E-state index contributed by atoms with van der Waals surface area (Å²) in [6.45, 7) is 1.86. The van der Waals surface area contributed by atoms with Crippen LogP contribution in [0.15, 0.2) is 77.6 Å². The molecular weight excluding hydrogens is 312 g/mol. The van der Waals surface area contributed by atoms with Crippen molar-refractivity contribution in [2.75, 3.05) is 13.1 Å². The highest BCUT2D eigenvalue weighted by molar-refractivity contribution is 6.28. The first-order chi connectivity index (χ1) is 12.3. The monoisotopic (exact) mass is 332 g/mol. The average Bonchev–Trinajstić information content (AvgIpc) is 3.04. The molecule has 0 N–H and O–H groups in total. The van der Waals surface area contributed by atoms with E-state index in [1.54, 1.807) is 0 Å². The minimum Gasteiger partial charge on any atom is -0.377 e. The number of carbonyl (C=O) groups is 1. The Morgan fingerprint density at radius 3 is 2.28 bits per heavy atom. The largest absolute Gasteiger partial charge is 0.377 e. The predicted octanol–water partition coefficient (Wildman–Crippen LogP) is 3.71. The van der Waals surface area contributed by atoms with Crippen LogP contribution in [0.4, 0.5) is 0 Å². The Bertz CT molecular complexity index is 804. The van der Waals surface area contributed by atoms with Gasteiger partial charge in [-0.3, -0.25) is 0 Å². The van der Waals surface area contributed by atoms with E-state index < -0.39 is 0 Å². The molecule has 0 atom stereocenters. The van der Waals surface area contributed by atoms with Gasteiger partial charge in [0.25, 0.3) is 0 Å². The first kappa shape index (κ1) is 15.6. The van der Waals surface area contributed by atoms with Crippen LogP contribution in [0, 0.1) is 0 Å². The standard InChI is InChI=1S/C21H20N2O2/c24-21-19(20(22-25-21)18-9-5-2-6-10-18)15-23-13-11-17(12-14-23)16-7-3-1-4-8-16/h1-10,15,17H,11-14H2/b19-15-. The van der Waals surface area contributed by atoms with Gasteiger partial charge in [-0.2, -0.15) is 0 Å². The first-order valence-electron chi connectivity index (χ1n) is 8.67. The van der Waals surface area contributed by atoms with Gasteiger partial charge in [0.1, 0.15) is 11.3 Å². The topological polar surface area (TPSA) is 41.9 Å². The number of carbonyl (C=O) groups excluding carboxylic acids is 1. The minimum absolute atomic E-state index is 0.371. The van der Waals surface area contributed by atoms with Crippen LogP contribution >= 0.6 is 0 Å². The molecule has 0 aliphatic carbocycles. The fourth-order valence-electron chi connectivity index (χ4n) is 3.47. The molecule has 25 heavy (non-hydrogen) atoms. The third kappa shape index (κ3) is 3.33. The second kappa shape index (κ2) is 6.93. The van der Waals surface area contributed by atoms with Gasteiger partial charge in [0.05, 0.1) is 0 Å². The molecule has 1 saturated heterocycles. The van der Waals surface area contributed by atoms with Crippen molar-refractivity contribution in [3.05, 3.63) is 83.6 Å². The molecule has 0 radical (unpaired) electrons. The molecule has 0 bridgehead atoms. The Morgan fingerprint density at radius 1 is 0.960 bits per heavy atom. The Labute approximate surface area is 147 Å². The third-order valence-electron chi connectivity index (χ3n) is 4.85. The molecule has 4 rings (SSSR count). The Kier molecular flexibility index (Phi) is 4.34. The molecule has 2 heterocycles. The molecule has 4 heteroatoms. The van der Waals surface area contributed by atoms with Crippen LogP contribution in [0.2, 0.25) is 0 Å². The smallest absolute Gasteiger partial charge is 0.369 e. The molecule has 0 amide bonds. The zero-order valence-electron chi connectivity index (χ0n) is 14.0. The van der Waals surface area contributed by atoms with Gasteiger partial charge in [-0.1, -0.05) is 65.8 Å². The lowest BCUT2D eigenvalue weighted by atomic mass is 9.89. The van der Waals surface area contributed by atoms with Gasteiger partial charge in [-0.25, -0.2) is 4.79 Å². The number of nitrogens with zero attached hydrogens (tertiary/aromatic N) is 2. The molecule has 4 nitrogen and oxygen atoms in total. The van der Waals surface area contributed by atoms with E-state index in [1.165, 1.54) is 5.56 Å². The molecule has 2 aromatic carbocycles. The SMILES string of the molecule is O=C1ON=C(c2ccccc2)/C1=C/N1CCC(c2ccccc2)CC1. The van der Waals surface area contributed by atoms with Gasteiger partial charge >= 0.3 is 5.97 Å². The van der Waals surface area contributed by atoms with Crippen LogP contribution in [0.3, 0.4) is 0 Å². The van der Waals surface area contributed by atoms with Gasteiger partial charge in [-0.05, 0) is 24.3 Å². The summed E-state index contributed by atoms with van der Waals surface area (Å²) in [7, 11) is 0. The minimum atomic E-state index is -0.371. The van der Waals surface area contributed by atoms with Crippen molar-refractivity contribution in [1.29, 1.82) is 0 Å². The number of piperidine rings is 1. The van der Waals surface area contributed by atoms with E-state index in [9.17, 15) is 4.79 Å². The van der Waals surface area contributed by atoms with Crippen molar-refractivity contribution in [2.24, 2.45) is 5.16 Å². The summed E-state index contributed by atoms with van der Waals surface area (Å²) < 4.78 is 0. The molecule has 2 aliphatic heterocycles. The molecule has 0 unspecified atom stereocenters. The maximum absolute atomic E-state index is 12.1. The molecule has 2 aliphatic rings. The lowest BCUT2D eigenvalue weighted by Crippen LogP contribution is -2.30. The van der Waals surface area contributed by atoms with E-state index in [2.05, 4.69) is 40.4 Å². The van der Waals surface area contributed by atoms with Gasteiger partial charge in [-0.15, -0.1) is 0 Å². The zero-order chi connectivity index (χ0) is 17.1. The zero-order valence-corrected chi connectivity index (χ0v) is 14.0. The number of rotatable bonds is 3. The van der Waals surface area contributed by atoms with Gasteiger partial charge < -0.3 is 9.74 Å².